The van der Waals surface area contributed by atoms with Crippen LogP contribution in [0.4, 0.5) is 17.1 Å². The Morgan fingerprint density at radius 3 is 1.79 bits per heavy atom. The SMILES string of the molecule is C=C1CC(COc2cc(C(=O)Nc3cc(C(=O)Nc4cc(C(=O)Nc5cc(C(=O)NCCN=C(N)N)n(C)c5)n(C)c4)n(C)c3)n(C)n2)(c2ccccc2)OC1=O.Cl. The van der Waals surface area contributed by atoms with Crippen molar-refractivity contribution in [1.82, 2.24) is 28.8 Å². The largest absolute Gasteiger partial charge is 0.472 e. The van der Waals surface area contributed by atoms with Gasteiger partial charge >= 0.3 is 5.97 Å². The van der Waals surface area contributed by atoms with Gasteiger partial charge in [-0.2, -0.15) is 0 Å². The fraction of sp³-hybridized carbons (Fsp3) is 0.237. The van der Waals surface area contributed by atoms with Crippen molar-refractivity contribution in [3.05, 3.63) is 114 Å². The summed E-state index contributed by atoms with van der Waals surface area (Å²) in [7, 11) is 6.55. The second-order valence-corrected chi connectivity index (χ2v) is 13.4. The van der Waals surface area contributed by atoms with Gasteiger partial charge in [0.05, 0.1) is 23.6 Å². The van der Waals surface area contributed by atoms with Gasteiger partial charge in [-0.05, 0) is 23.8 Å². The number of anilines is 3. The van der Waals surface area contributed by atoms with E-state index in [-0.39, 0.29) is 73.4 Å². The van der Waals surface area contributed by atoms with Crippen molar-refractivity contribution < 1.29 is 33.4 Å². The molecule has 5 heterocycles. The van der Waals surface area contributed by atoms with Crippen LogP contribution in [-0.4, -0.2) is 78.7 Å². The molecule has 1 aliphatic rings. The van der Waals surface area contributed by atoms with Crippen LogP contribution in [0, 0.1) is 0 Å². The number of aliphatic imine (C=N–C) groups is 1. The molecule has 4 aromatic heterocycles. The number of aryl methyl sites for hydroxylation is 4. The Balaban J connectivity index is 0.00000641. The summed E-state index contributed by atoms with van der Waals surface area (Å²) in [4.78, 5) is 68.6. The number of hydrogen-bond donors (Lipinski definition) is 6. The van der Waals surface area contributed by atoms with Crippen molar-refractivity contribution in [1.29, 1.82) is 0 Å². The number of amides is 4. The van der Waals surface area contributed by atoms with E-state index in [0.29, 0.717) is 28.3 Å². The number of rotatable bonds is 14. The third kappa shape index (κ3) is 9.22. The molecule has 1 unspecified atom stereocenters. The molecule has 58 heavy (non-hydrogen) atoms. The van der Waals surface area contributed by atoms with Gasteiger partial charge in [0.25, 0.3) is 23.6 Å². The summed E-state index contributed by atoms with van der Waals surface area (Å²) in [6, 6.07) is 15.2. The zero-order valence-electron chi connectivity index (χ0n) is 32.1. The summed E-state index contributed by atoms with van der Waals surface area (Å²) in [6.07, 6.45) is 4.99. The molecule has 4 amide bonds. The lowest BCUT2D eigenvalue weighted by Crippen LogP contribution is -2.33. The maximum atomic E-state index is 13.3. The van der Waals surface area contributed by atoms with Crippen molar-refractivity contribution in [3.63, 3.8) is 0 Å². The number of nitrogens with two attached hydrogens (primary N) is 2. The standard InChI is InChI=1S/C38H42N12O7.ClH/c1-22-17-38(57-36(22)55,23-9-7-6-8-10-23)21-56-31-16-30(50(5)46-31)35(54)45-26-15-29(49(4)20-26)34(53)44-25-14-28(48(3)19-25)33(52)43-24-13-27(47(2)18-24)32(51)41-11-12-42-37(39)40;/h6-10,13-16,18-20H,1,11-12,17,21H2,2-5H3,(H,41,51)(H,43,52)(H,44,53)(H,45,54)(H4,39,40,42);1H. The maximum absolute atomic E-state index is 13.3. The Hall–Kier alpha value is -7.28. The van der Waals surface area contributed by atoms with Gasteiger partial charge < -0.3 is 55.9 Å². The molecule has 19 nitrogen and oxygen atoms in total. The molecule has 1 saturated heterocycles. The Labute approximate surface area is 338 Å². The molecule has 0 spiro atoms. The van der Waals surface area contributed by atoms with E-state index in [1.54, 1.807) is 60.5 Å². The van der Waals surface area contributed by atoms with Gasteiger partial charge in [-0.15, -0.1) is 17.5 Å². The molecule has 5 aromatic rings. The lowest BCUT2D eigenvalue weighted by Gasteiger charge is -2.27. The third-order valence-corrected chi connectivity index (χ3v) is 9.10. The predicted octanol–water partition coefficient (Wildman–Crippen LogP) is 2.39. The Kier molecular flexibility index (Phi) is 12.5. The number of esters is 1. The van der Waals surface area contributed by atoms with Gasteiger partial charge in [0.2, 0.25) is 5.88 Å². The third-order valence-electron chi connectivity index (χ3n) is 9.10. The van der Waals surface area contributed by atoms with Crippen molar-refractivity contribution in [2.24, 2.45) is 44.7 Å². The molecule has 1 aliphatic heterocycles. The molecule has 0 saturated carbocycles. The summed E-state index contributed by atoms with van der Waals surface area (Å²) in [5.41, 5.74) is 12.6. The van der Waals surface area contributed by atoms with Gasteiger partial charge in [0.1, 0.15) is 29.4 Å². The van der Waals surface area contributed by atoms with Gasteiger partial charge in [0, 0.05) is 71.4 Å². The lowest BCUT2D eigenvalue weighted by atomic mass is 9.90. The molecule has 1 aromatic carbocycles. The van der Waals surface area contributed by atoms with E-state index < -0.39 is 29.3 Å². The molecule has 6 rings (SSSR count). The summed E-state index contributed by atoms with van der Waals surface area (Å²) in [5.74, 6) is -2.28. The highest BCUT2D eigenvalue weighted by atomic mass is 35.5. The fourth-order valence-corrected chi connectivity index (χ4v) is 6.29. The smallest absolute Gasteiger partial charge is 0.334 e. The highest BCUT2D eigenvalue weighted by Crippen LogP contribution is 2.39. The minimum atomic E-state index is -1.09. The normalized spacial score (nSPS) is 14.6. The zero-order valence-corrected chi connectivity index (χ0v) is 32.9. The van der Waals surface area contributed by atoms with E-state index in [1.807, 2.05) is 30.3 Å². The number of hydrogen-bond acceptors (Lipinski definition) is 9. The number of halogens is 1. The number of guanidine groups is 1. The van der Waals surface area contributed by atoms with E-state index in [9.17, 15) is 24.0 Å². The molecule has 20 heteroatoms. The van der Waals surface area contributed by atoms with E-state index in [0.717, 1.165) is 5.56 Å². The van der Waals surface area contributed by atoms with E-state index in [4.69, 9.17) is 20.9 Å². The van der Waals surface area contributed by atoms with Crippen LogP contribution in [-0.2, 0) is 43.3 Å². The minimum Gasteiger partial charge on any atom is -0.472 e. The Morgan fingerprint density at radius 2 is 1.31 bits per heavy atom. The number of benzene rings is 1. The highest BCUT2D eigenvalue weighted by molar-refractivity contribution is 6.08. The Morgan fingerprint density at radius 1 is 0.810 bits per heavy atom. The highest BCUT2D eigenvalue weighted by Gasteiger charge is 2.45. The molecule has 8 N–H and O–H groups in total. The van der Waals surface area contributed by atoms with E-state index in [2.05, 4.69) is 37.9 Å². The second-order valence-electron chi connectivity index (χ2n) is 13.4. The lowest BCUT2D eigenvalue weighted by molar-refractivity contribution is -0.150. The molecule has 0 bridgehead atoms. The summed E-state index contributed by atoms with van der Waals surface area (Å²) < 4.78 is 17.7. The van der Waals surface area contributed by atoms with Crippen LogP contribution in [0.15, 0.2) is 90.3 Å². The molecule has 1 fully saturated rings. The first kappa shape index (κ1) is 41.9. The number of ether oxygens (including phenoxy) is 2. The van der Waals surface area contributed by atoms with Crippen LogP contribution in [0.1, 0.15) is 53.9 Å². The van der Waals surface area contributed by atoms with Crippen molar-refractivity contribution in [3.8, 4) is 5.88 Å². The van der Waals surface area contributed by atoms with Gasteiger partial charge in [-0.25, -0.2) is 4.79 Å². The molecule has 0 aliphatic carbocycles. The summed E-state index contributed by atoms with van der Waals surface area (Å²) in [5, 5.41) is 15.3. The topological polar surface area (TPSA) is 249 Å². The van der Waals surface area contributed by atoms with Crippen LogP contribution < -0.4 is 37.5 Å². The zero-order chi connectivity index (χ0) is 41.0. The van der Waals surface area contributed by atoms with E-state index >= 15 is 0 Å². The number of cyclic esters (lactones) is 1. The number of carbonyl (C=O) groups excluding carboxylic acids is 5. The quantitative estimate of drug-likeness (QED) is 0.0314. The van der Waals surface area contributed by atoms with Crippen LogP contribution in [0.5, 0.6) is 5.88 Å². The molecular weight excluding hydrogens is 772 g/mol. The molecular formula is C38H43ClN12O7. The first-order valence-corrected chi connectivity index (χ1v) is 17.5. The minimum absolute atomic E-state index is 0. The van der Waals surface area contributed by atoms with Crippen LogP contribution in [0.2, 0.25) is 0 Å². The fourth-order valence-electron chi connectivity index (χ4n) is 6.29. The summed E-state index contributed by atoms with van der Waals surface area (Å²) >= 11 is 0. The monoisotopic (exact) mass is 814 g/mol. The predicted molar refractivity (Wildman–Crippen MR) is 217 cm³/mol. The number of nitrogens with one attached hydrogen (secondary N) is 4. The first-order valence-electron chi connectivity index (χ1n) is 17.5. The number of carbonyl (C=O) groups is 5. The van der Waals surface area contributed by atoms with Gasteiger partial charge in [0.15, 0.2) is 11.6 Å². The average Bonchev–Trinajstić information content (AvgIpc) is 3.97. The van der Waals surface area contributed by atoms with Gasteiger partial charge in [-0.1, -0.05) is 36.9 Å². The van der Waals surface area contributed by atoms with Crippen LogP contribution in [0.25, 0.3) is 0 Å². The van der Waals surface area contributed by atoms with Crippen molar-refractivity contribution in [2.45, 2.75) is 12.0 Å². The Bertz CT molecular complexity index is 2400. The van der Waals surface area contributed by atoms with Crippen LogP contribution >= 0.6 is 12.4 Å². The second kappa shape index (κ2) is 17.2. The number of nitrogens with zero attached hydrogens (tertiary/aromatic N) is 6. The number of aromatic nitrogens is 5. The summed E-state index contributed by atoms with van der Waals surface area (Å²) in [6.45, 7) is 4.20. The van der Waals surface area contributed by atoms with Crippen molar-refractivity contribution >= 4 is 65.0 Å². The van der Waals surface area contributed by atoms with Crippen molar-refractivity contribution in [2.75, 3.05) is 35.6 Å². The van der Waals surface area contributed by atoms with E-state index in [1.165, 1.54) is 28.9 Å². The molecule has 304 valence electrons. The molecule has 0 radical (unpaired) electrons. The van der Waals surface area contributed by atoms with Crippen LogP contribution in [0.3, 0.4) is 0 Å². The molecule has 1 atom stereocenters. The maximum Gasteiger partial charge on any atom is 0.334 e. The average molecular weight is 815 g/mol. The van der Waals surface area contributed by atoms with Gasteiger partial charge in [-0.3, -0.25) is 28.9 Å². The first-order chi connectivity index (χ1) is 27.1.